The molecule has 29 heavy (non-hydrogen) atoms. The average Bonchev–Trinajstić information content (AvgIpc) is 2.85. The number of likely N-dealkylation sites (tertiary alicyclic amines) is 1. The number of ether oxygens (including phenoxy) is 1. The van der Waals surface area contributed by atoms with E-state index >= 15 is 0 Å². The van der Waals surface area contributed by atoms with Gasteiger partial charge in [0.05, 0.1) is 5.56 Å². The van der Waals surface area contributed by atoms with E-state index in [2.05, 4.69) is 16.8 Å². The van der Waals surface area contributed by atoms with Gasteiger partial charge in [-0.25, -0.2) is 4.79 Å². The minimum atomic E-state index is -0.439. The molecule has 0 atom stereocenters. The van der Waals surface area contributed by atoms with E-state index in [0.717, 1.165) is 86.1 Å². The van der Waals surface area contributed by atoms with Crippen LogP contribution in [-0.2, 0) is 16.0 Å². The SMILES string of the molecule is C=C1C=C(N2CCC3(CC2)Cc2ccccc2C(=O)O3)NC(=O)C2=C1CCCC2. The molecule has 1 spiro atoms. The van der Waals surface area contributed by atoms with Crippen molar-refractivity contribution in [3.63, 3.8) is 0 Å². The summed E-state index contributed by atoms with van der Waals surface area (Å²) in [6.45, 7) is 5.71. The van der Waals surface area contributed by atoms with Gasteiger partial charge in [0.1, 0.15) is 11.4 Å². The predicted molar refractivity (Wildman–Crippen MR) is 110 cm³/mol. The fraction of sp³-hybridized carbons (Fsp3) is 0.417. The third-order valence-electron chi connectivity index (χ3n) is 6.76. The third-order valence-corrected chi connectivity index (χ3v) is 6.76. The zero-order valence-electron chi connectivity index (χ0n) is 16.6. The number of nitrogens with one attached hydrogen (secondary N) is 1. The summed E-state index contributed by atoms with van der Waals surface area (Å²) in [5.41, 5.74) is 4.29. The first-order valence-corrected chi connectivity index (χ1v) is 10.6. The highest BCUT2D eigenvalue weighted by atomic mass is 16.6. The van der Waals surface area contributed by atoms with Gasteiger partial charge in [0.15, 0.2) is 0 Å². The molecule has 4 aliphatic rings. The predicted octanol–water partition coefficient (Wildman–Crippen LogP) is 3.63. The molecular weight excluding hydrogens is 364 g/mol. The lowest BCUT2D eigenvalue weighted by Gasteiger charge is -2.44. The molecule has 1 aromatic rings. The second-order valence-electron chi connectivity index (χ2n) is 8.57. The number of rotatable bonds is 1. The number of nitrogens with zero attached hydrogens (tertiary/aromatic N) is 1. The Kier molecular flexibility index (Phi) is 4.34. The normalized spacial score (nSPS) is 23.7. The topological polar surface area (TPSA) is 58.6 Å². The molecule has 1 aromatic carbocycles. The molecule has 1 aliphatic carbocycles. The number of piperidine rings is 1. The number of carbonyl (C=O) groups is 2. The molecule has 5 rings (SSSR count). The molecule has 0 aromatic heterocycles. The first-order chi connectivity index (χ1) is 14.0. The Hall–Kier alpha value is -2.82. The molecule has 1 N–H and O–H groups in total. The summed E-state index contributed by atoms with van der Waals surface area (Å²) in [4.78, 5) is 27.5. The van der Waals surface area contributed by atoms with E-state index in [1.807, 2.05) is 30.3 Å². The standard InChI is InChI=1S/C24H26N2O3/c1-16-14-21(25-22(27)20-9-5-4-7-18(16)20)26-12-10-24(11-13-26)15-17-6-2-3-8-19(17)23(28)29-24/h2-3,6,8,14H,1,4-5,7,9-13,15H2,(H,25,27). The minimum absolute atomic E-state index is 0.0166. The van der Waals surface area contributed by atoms with Crippen LogP contribution < -0.4 is 5.32 Å². The van der Waals surface area contributed by atoms with Gasteiger partial charge in [0.2, 0.25) is 0 Å². The van der Waals surface area contributed by atoms with Crippen molar-refractivity contribution in [1.29, 1.82) is 0 Å². The molecule has 5 heteroatoms. The van der Waals surface area contributed by atoms with E-state index in [4.69, 9.17) is 4.74 Å². The molecule has 1 saturated heterocycles. The number of hydrogen-bond donors (Lipinski definition) is 1. The van der Waals surface area contributed by atoms with Crippen molar-refractivity contribution >= 4 is 11.9 Å². The first kappa shape index (κ1) is 18.2. The van der Waals surface area contributed by atoms with Crippen LogP contribution in [0.25, 0.3) is 0 Å². The van der Waals surface area contributed by atoms with Crippen molar-refractivity contribution in [1.82, 2.24) is 10.2 Å². The number of benzene rings is 1. The minimum Gasteiger partial charge on any atom is -0.455 e. The Labute approximate surface area is 171 Å². The molecule has 3 heterocycles. The van der Waals surface area contributed by atoms with Gasteiger partial charge in [-0.3, -0.25) is 4.79 Å². The van der Waals surface area contributed by atoms with Crippen LogP contribution in [0.1, 0.15) is 54.4 Å². The van der Waals surface area contributed by atoms with Gasteiger partial charge in [0, 0.05) is 37.9 Å². The second-order valence-corrected chi connectivity index (χ2v) is 8.57. The van der Waals surface area contributed by atoms with E-state index in [-0.39, 0.29) is 11.9 Å². The summed E-state index contributed by atoms with van der Waals surface area (Å²) in [6, 6.07) is 7.72. The maximum Gasteiger partial charge on any atom is 0.338 e. The van der Waals surface area contributed by atoms with Crippen molar-refractivity contribution in [2.24, 2.45) is 0 Å². The molecule has 0 bridgehead atoms. The number of hydrogen-bond acceptors (Lipinski definition) is 4. The fourth-order valence-electron chi connectivity index (χ4n) is 5.10. The Morgan fingerprint density at radius 1 is 1.03 bits per heavy atom. The van der Waals surface area contributed by atoms with Crippen LogP contribution in [-0.4, -0.2) is 35.5 Å². The highest BCUT2D eigenvalue weighted by Crippen LogP contribution is 2.38. The van der Waals surface area contributed by atoms with Gasteiger partial charge in [0.25, 0.3) is 5.91 Å². The molecule has 0 saturated carbocycles. The lowest BCUT2D eigenvalue weighted by molar-refractivity contribution is -0.117. The molecule has 0 unspecified atom stereocenters. The van der Waals surface area contributed by atoms with Crippen molar-refractivity contribution in [3.05, 3.63) is 70.6 Å². The number of carbonyl (C=O) groups excluding carboxylic acids is 2. The van der Waals surface area contributed by atoms with Gasteiger partial charge in [-0.05, 0) is 54.5 Å². The number of amides is 1. The highest BCUT2D eigenvalue weighted by molar-refractivity contribution is 5.97. The summed E-state index contributed by atoms with van der Waals surface area (Å²) in [7, 11) is 0. The number of fused-ring (bicyclic) bond motifs is 1. The Morgan fingerprint density at radius 2 is 1.76 bits per heavy atom. The zero-order chi connectivity index (χ0) is 20.0. The van der Waals surface area contributed by atoms with Crippen LogP contribution in [0.2, 0.25) is 0 Å². The summed E-state index contributed by atoms with van der Waals surface area (Å²) in [6.07, 6.45) is 8.23. The summed E-state index contributed by atoms with van der Waals surface area (Å²) in [5, 5.41) is 3.12. The van der Waals surface area contributed by atoms with E-state index in [1.54, 1.807) is 0 Å². The molecular formula is C24H26N2O3. The number of esters is 1. The third kappa shape index (κ3) is 3.18. The van der Waals surface area contributed by atoms with Crippen LogP contribution in [0.5, 0.6) is 0 Å². The van der Waals surface area contributed by atoms with Gasteiger partial charge >= 0.3 is 5.97 Å². The van der Waals surface area contributed by atoms with Crippen molar-refractivity contribution in [2.45, 2.75) is 50.5 Å². The largest absolute Gasteiger partial charge is 0.455 e. The quantitative estimate of drug-likeness (QED) is 0.744. The Bertz CT molecular complexity index is 964. The highest BCUT2D eigenvalue weighted by Gasteiger charge is 2.43. The summed E-state index contributed by atoms with van der Waals surface area (Å²) in [5.74, 6) is 0.627. The first-order valence-electron chi connectivity index (χ1n) is 10.6. The Balaban J connectivity index is 1.32. The zero-order valence-corrected chi connectivity index (χ0v) is 16.6. The van der Waals surface area contributed by atoms with Crippen LogP contribution in [0, 0.1) is 0 Å². The Morgan fingerprint density at radius 3 is 2.55 bits per heavy atom. The van der Waals surface area contributed by atoms with E-state index in [1.165, 1.54) is 0 Å². The van der Waals surface area contributed by atoms with E-state index in [0.29, 0.717) is 5.56 Å². The average molecular weight is 390 g/mol. The van der Waals surface area contributed by atoms with Crippen molar-refractivity contribution in [3.8, 4) is 0 Å². The molecule has 150 valence electrons. The summed E-state index contributed by atoms with van der Waals surface area (Å²) < 4.78 is 5.92. The van der Waals surface area contributed by atoms with E-state index in [9.17, 15) is 9.59 Å². The van der Waals surface area contributed by atoms with Crippen LogP contribution >= 0.6 is 0 Å². The van der Waals surface area contributed by atoms with Crippen LogP contribution in [0.15, 0.2) is 59.5 Å². The second kappa shape index (κ2) is 6.90. The van der Waals surface area contributed by atoms with Crippen LogP contribution in [0.3, 0.4) is 0 Å². The van der Waals surface area contributed by atoms with Crippen molar-refractivity contribution in [2.75, 3.05) is 13.1 Å². The molecule has 5 nitrogen and oxygen atoms in total. The lowest BCUT2D eigenvalue weighted by Crippen LogP contribution is -2.51. The van der Waals surface area contributed by atoms with Gasteiger partial charge < -0.3 is 15.0 Å². The summed E-state index contributed by atoms with van der Waals surface area (Å²) >= 11 is 0. The number of allylic oxidation sites excluding steroid dienone is 3. The maximum atomic E-state index is 12.8. The van der Waals surface area contributed by atoms with Gasteiger partial charge in [-0.1, -0.05) is 24.8 Å². The lowest BCUT2D eigenvalue weighted by atomic mass is 9.81. The van der Waals surface area contributed by atoms with Crippen LogP contribution in [0.4, 0.5) is 0 Å². The van der Waals surface area contributed by atoms with Gasteiger partial charge in [-0.15, -0.1) is 0 Å². The fourth-order valence-corrected chi connectivity index (χ4v) is 5.10. The monoisotopic (exact) mass is 390 g/mol. The molecule has 0 radical (unpaired) electrons. The molecule has 1 fully saturated rings. The van der Waals surface area contributed by atoms with Crippen molar-refractivity contribution < 1.29 is 14.3 Å². The molecule has 3 aliphatic heterocycles. The smallest absolute Gasteiger partial charge is 0.338 e. The molecule has 1 amide bonds. The maximum absolute atomic E-state index is 12.8. The van der Waals surface area contributed by atoms with E-state index < -0.39 is 5.60 Å². The van der Waals surface area contributed by atoms with Gasteiger partial charge in [-0.2, -0.15) is 0 Å².